The second-order valence-corrected chi connectivity index (χ2v) is 4.76. The fraction of sp³-hybridized carbons (Fsp3) is 0.571. The number of rotatable bonds is 3. The van der Waals surface area contributed by atoms with Gasteiger partial charge in [-0.25, -0.2) is 4.98 Å². The van der Waals surface area contributed by atoms with Crippen LogP contribution >= 0.6 is 0 Å². The van der Waals surface area contributed by atoms with Gasteiger partial charge in [-0.3, -0.25) is 4.90 Å². The topological polar surface area (TPSA) is 43.2 Å². The molecule has 1 aliphatic heterocycles. The molecule has 4 nitrogen and oxygen atoms in total. The fourth-order valence-corrected chi connectivity index (χ4v) is 2.40. The highest BCUT2D eigenvalue weighted by Crippen LogP contribution is 2.20. The van der Waals surface area contributed by atoms with Crippen molar-refractivity contribution in [1.29, 1.82) is 5.26 Å². The quantitative estimate of drug-likeness (QED) is 0.814. The molecule has 0 spiro atoms. The Balaban J connectivity index is 2.04. The van der Waals surface area contributed by atoms with Crippen LogP contribution in [-0.2, 0) is 0 Å². The van der Waals surface area contributed by atoms with Crippen molar-refractivity contribution in [2.75, 3.05) is 31.1 Å². The Labute approximate surface area is 109 Å². The van der Waals surface area contributed by atoms with Crippen LogP contribution in [0.25, 0.3) is 0 Å². The van der Waals surface area contributed by atoms with E-state index in [4.69, 9.17) is 5.26 Å². The van der Waals surface area contributed by atoms with Crippen LogP contribution in [0.3, 0.4) is 0 Å². The van der Waals surface area contributed by atoms with Gasteiger partial charge < -0.3 is 4.90 Å². The molecule has 1 aromatic heterocycles. The van der Waals surface area contributed by atoms with Crippen molar-refractivity contribution in [3.8, 4) is 6.07 Å². The zero-order valence-corrected chi connectivity index (χ0v) is 11.1. The molecule has 1 aliphatic rings. The van der Waals surface area contributed by atoms with Crippen LogP contribution in [0.4, 0.5) is 5.69 Å². The maximum atomic E-state index is 9.08. The predicted molar refractivity (Wildman–Crippen MR) is 72.5 cm³/mol. The first kappa shape index (κ1) is 12.8. The van der Waals surface area contributed by atoms with E-state index in [1.54, 1.807) is 6.20 Å². The summed E-state index contributed by atoms with van der Waals surface area (Å²) in [5.41, 5.74) is 1.51. The van der Waals surface area contributed by atoms with Crippen molar-refractivity contribution < 1.29 is 0 Å². The van der Waals surface area contributed by atoms with Crippen molar-refractivity contribution in [2.24, 2.45) is 0 Å². The van der Waals surface area contributed by atoms with E-state index < -0.39 is 0 Å². The molecular formula is C14H20N4. The van der Waals surface area contributed by atoms with E-state index in [0.29, 0.717) is 11.7 Å². The largest absolute Gasteiger partial charge is 0.367 e. The summed E-state index contributed by atoms with van der Waals surface area (Å²) in [5, 5.41) is 9.08. The van der Waals surface area contributed by atoms with Crippen LogP contribution in [0.15, 0.2) is 18.3 Å². The summed E-state index contributed by atoms with van der Waals surface area (Å²) in [4.78, 5) is 8.91. The number of pyridine rings is 1. The SMILES string of the molecule is CCC(C)N1CCN(c2cccnc2C#N)CC1. The van der Waals surface area contributed by atoms with Crippen molar-refractivity contribution in [3.63, 3.8) is 0 Å². The van der Waals surface area contributed by atoms with Gasteiger partial charge in [0.2, 0.25) is 0 Å². The van der Waals surface area contributed by atoms with Crippen molar-refractivity contribution in [2.45, 2.75) is 26.3 Å². The van der Waals surface area contributed by atoms with Gasteiger partial charge >= 0.3 is 0 Å². The first-order valence-corrected chi connectivity index (χ1v) is 6.60. The van der Waals surface area contributed by atoms with Gasteiger partial charge in [-0.2, -0.15) is 5.26 Å². The molecule has 0 N–H and O–H groups in total. The molecule has 2 rings (SSSR count). The summed E-state index contributed by atoms with van der Waals surface area (Å²) < 4.78 is 0. The van der Waals surface area contributed by atoms with E-state index in [0.717, 1.165) is 31.9 Å². The zero-order chi connectivity index (χ0) is 13.0. The number of hydrogen-bond acceptors (Lipinski definition) is 4. The molecule has 96 valence electrons. The highest BCUT2D eigenvalue weighted by atomic mass is 15.3. The predicted octanol–water partition coefficient (Wildman–Crippen LogP) is 1.87. The van der Waals surface area contributed by atoms with Crippen molar-refractivity contribution in [1.82, 2.24) is 9.88 Å². The first-order valence-electron chi connectivity index (χ1n) is 6.60. The Kier molecular flexibility index (Phi) is 4.16. The molecule has 0 amide bonds. The molecule has 4 heteroatoms. The maximum absolute atomic E-state index is 9.08. The molecule has 0 saturated carbocycles. The third kappa shape index (κ3) is 2.62. The van der Waals surface area contributed by atoms with Crippen LogP contribution < -0.4 is 4.90 Å². The molecule has 1 aromatic rings. The summed E-state index contributed by atoms with van der Waals surface area (Å²) in [6.45, 7) is 8.59. The van der Waals surface area contributed by atoms with E-state index in [-0.39, 0.29) is 0 Å². The lowest BCUT2D eigenvalue weighted by Crippen LogP contribution is -2.49. The maximum Gasteiger partial charge on any atom is 0.163 e. The lowest BCUT2D eigenvalue weighted by Gasteiger charge is -2.39. The summed E-state index contributed by atoms with van der Waals surface area (Å²) in [6.07, 6.45) is 2.87. The van der Waals surface area contributed by atoms with Crippen molar-refractivity contribution in [3.05, 3.63) is 24.0 Å². The first-order chi connectivity index (χ1) is 8.76. The molecule has 0 radical (unpaired) electrons. The van der Waals surface area contributed by atoms with Crippen molar-refractivity contribution >= 4 is 5.69 Å². The molecular weight excluding hydrogens is 224 g/mol. The fourth-order valence-electron chi connectivity index (χ4n) is 2.40. The third-order valence-electron chi connectivity index (χ3n) is 3.76. The summed E-state index contributed by atoms with van der Waals surface area (Å²) in [6, 6.07) is 6.71. The Hall–Kier alpha value is -1.60. The molecule has 2 heterocycles. The Morgan fingerprint density at radius 2 is 2.11 bits per heavy atom. The standard InChI is InChI=1S/C14H20N4/c1-3-12(2)17-7-9-18(10-8-17)14-5-4-6-16-13(14)11-15/h4-6,12H,3,7-10H2,1-2H3. The number of piperazine rings is 1. The number of anilines is 1. The number of hydrogen-bond donors (Lipinski definition) is 0. The molecule has 0 aromatic carbocycles. The average molecular weight is 244 g/mol. The molecule has 18 heavy (non-hydrogen) atoms. The van der Waals surface area contributed by atoms with Crippen LogP contribution in [0, 0.1) is 11.3 Å². The van der Waals surface area contributed by atoms with Gasteiger partial charge in [-0.05, 0) is 25.5 Å². The van der Waals surface area contributed by atoms with E-state index in [9.17, 15) is 0 Å². The van der Waals surface area contributed by atoms with E-state index >= 15 is 0 Å². The highest BCUT2D eigenvalue weighted by molar-refractivity contribution is 5.55. The zero-order valence-electron chi connectivity index (χ0n) is 11.1. The second-order valence-electron chi connectivity index (χ2n) is 4.76. The smallest absolute Gasteiger partial charge is 0.163 e. The minimum Gasteiger partial charge on any atom is -0.367 e. The minimum atomic E-state index is 0.537. The Bertz CT molecular complexity index is 430. The number of nitrogens with zero attached hydrogens (tertiary/aromatic N) is 4. The lowest BCUT2D eigenvalue weighted by molar-refractivity contribution is 0.193. The van der Waals surface area contributed by atoms with Crippen LogP contribution in [0.2, 0.25) is 0 Å². The lowest BCUT2D eigenvalue weighted by atomic mass is 10.1. The highest BCUT2D eigenvalue weighted by Gasteiger charge is 2.21. The minimum absolute atomic E-state index is 0.537. The van der Waals surface area contributed by atoms with Crippen LogP contribution in [-0.4, -0.2) is 42.1 Å². The summed E-state index contributed by atoms with van der Waals surface area (Å²) in [7, 11) is 0. The molecule has 1 unspecified atom stereocenters. The molecule has 0 aliphatic carbocycles. The Morgan fingerprint density at radius 1 is 1.39 bits per heavy atom. The van der Waals surface area contributed by atoms with Gasteiger partial charge in [-0.15, -0.1) is 0 Å². The summed E-state index contributed by atoms with van der Waals surface area (Å²) >= 11 is 0. The molecule has 1 atom stereocenters. The van der Waals surface area contributed by atoms with Gasteiger partial charge in [0, 0.05) is 38.4 Å². The van der Waals surface area contributed by atoms with Gasteiger partial charge in [-0.1, -0.05) is 6.92 Å². The van der Waals surface area contributed by atoms with Gasteiger partial charge in [0.15, 0.2) is 5.69 Å². The molecule has 1 fully saturated rings. The second kappa shape index (κ2) is 5.83. The van der Waals surface area contributed by atoms with Gasteiger partial charge in [0.1, 0.15) is 6.07 Å². The number of aromatic nitrogens is 1. The summed E-state index contributed by atoms with van der Waals surface area (Å²) in [5.74, 6) is 0. The number of nitriles is 1. The van der Waals surface area contributed by atoms with Gasteiger partial charge in [0.05, 0.1) is 5.69 Å². The van der Waals surface area contributed by atoms with Crippen LogP contribution in [0.5, 0.6) is 0 Å². The monoisotopic (exact) mass is 244 g/mol. The van der Waals surface area contributed by atoms with E-state index in [1.165, 1.54) is 6.42 Å². The van der Waals surface area contributed by atoms with Crippen LogP contribution in [0.1, 0.15) is 26.0 Å². The molecule has 0 bridgehead atoms. The van der Waals surface area contributed by atoms with E-state index in [2.05, 4.69) is 34.7 Å². The average Bonchev–Trinajstić information content (AvgIpc) is 2.46. The Morgan fingerprint density at radius 3 is 2.72 bits per heavy atom. The van der Waals surface area contributed by atoms with Gasteiger partial charge in [0.25, 0.3) is 0 Å². The van der Waals surface area contributed by atoms with E-state index in [1.807, 2.05) is 12.1 Å². The normalized spacial score (nSPS) is 18.4. The molecule has 1 saturated heterocycles. The third-order valence-corrected chi connectivity index (χ3v) is 3.76.